The fourth-order valence-electron chi connectivity index (χ4n) is 4.48. The highest BCUT2D eigenvalue weighted by Gasteiger charge is 2.37. The molecule has 0 aliphatic carbocycles. The van der Waals surface area contributed by atoms with Crippen LogP contribution >= 0.6 is 0 Å². The molecule has 7 nitrogen and oxygen atoms in total. The molecule has 2 aromatic heterocycles. The number of rotatable bonds is 3. The van der Waals surface area contributed by atoms with Gasteiger partial charge in [0.25, 0.3) is 5.91 Å². The molecule has 144 valence electrons. The van der Waals surface area contributed by atoms with Crippen LogP contribution in [0.4, 0.5) is 0 Å². The number of ether oxygens (including phenoxy) is 1. The summed E-state index contributed by atoms with van der Waals surface area (Å²) in [5.41, 5.74) is 2.55. The van der Waals surface area contributed by atoms with Gasteiger partial charge in [-0.15, -0.1) is 0 Å². The van der Waals surface area contributed by atoms with Crippen molar-refractivity contribution in [1.29, 1.82) is 0 Å². The Kier molecular flexibility index (Phi) is 4.33. The smallest absolute Gasteiger partial charge is 0.253 e. The highest BCUT2D eigenvalue weighted by atomic mass is 16.5. The summed E-state index contributed by atoms with van der Waals surface area (Å²) in [6.45, 7) is 1.49. The zero-order valence-electron chi connectivity index (χ0n) is 15.8. The molecule has 28 heavy (non-hydrogen) atoms. The van der Waals surface area contributed by atoms with E-state index in [9.17, 15) is 4.79 Å². The van der Waals surface area contributed by atoms with E-state index < -0.39 is 0 Å². The molecule has 2 aliphatic heterocycles. The normalized spacial score (nSPS) is 25.0. The van der Waals surface area contributed by atoms with Gasteiger partial charge < -0.3 is 14.6 Å². The molecule has 0 spiro atoms. The first-order chi connectivity index (χ1) is 13.7. The average Bonchev–Trinajstić information content (AvgIpc) is 3.09. The van der Waals surface area contributed by atoms with Crippen LogP contribution in [0.3, 0.4) is 0 Å². The number of hydrogen-bond donors (Lipinski definition) is 1. The number of fused-ring (bicyclic) bond motifs is 3. The predicted molar refractivity (Wildman–Crippen MR) is 106 cm³/mol. The number of amides is 1. The van der Waals surface area contributed by atoms with Crippen LogP contribution in [-0.2, 0) is 4.74 Å². The second-order valence-corrected chi connectivity index (χ2v) is 7.68. The fraction of sp³-hybridized carbons (Fsp3) is 0.381. The molecule has 4 heterocycles. The summed E-state index contributed by atoms with van der Waals surface area (Å²) >= 11 is 0. The molecule has 3 aromatic rings. The minimum atomic E-state index is -0.0227. The predicted octanol–water partition coefficient (Wildman–Crippen LogP) is 2.01. The molecule has 0 saturated carbocycles. The highest BCUT2D eigenvalue weighted by Crippen LogP contribution is 2.28. The van der Waals surface area contributed by atoms with Gasteiger partial charge in [0, 0.05) is 29.7 Å². The van der Waals surface area contributed by atoms with Crippen molar-refractivity contribution in [3.63, 3.8) is 0 Å². The van der Waals surface area contributed by atoms with Gasteiger partial charge in [-0.2, -0.15) is 10.2 Å². The molecule has 1 amide bonds. The Bertz CT molecular complexity index is 988. The Morgan fingerprint density at radius 3 is 2.68 bits per heavy atom. The maximum absolute atomic E-state index is 13.2. The molecule has 2 saturated heterocycles. The van der Waals surface area contributed by atoms with Crippen LogP contribution in [0, 0.1) is 0 Å². The van der Waals surface area contributed by atoms with Crippen molar-refractivity contribution >= 4 is 16.8 Å². The maximum Gasteiger partial charge on any atom is 0.253 e. The topological polar surface area (TPSA) is 72.3 Å². The minimum absolute atomic E-state index is 0.0227. The van der Waals surface area contributed by atoms with Crippen molar-refractivity contribution in [2.24, 2.45) is 0 Å². The van der Waals surface area contributed by atoms with Gasteiger partial charge >= 0.3 is 0 Å². The van der Waals surface area contributed by atoms with E-state index in [1.54, 1.807) is 12.4 Å². The molecule has 2 bridgehead atoms. The second kappa shape index (κ2) is 7.00. The molecule has 2 aliphatic rings. The average molecular weight is 377 g/mol. The first-order valence-corrected chi connectivity index (χ1v) is 9.68. The summed E-state index contributed by atoms with van der Waals surface area (Å²) in [7, 11) is 2.16. The fourth-order valence-corrected chi connectivity index (χ4v) is 4.48. The lowest BCUT2D eigenvalue weighted by atomic mass is 9.90. The third-order valence-corrected chi connectivity index (χ3v) is 6.02. The number of para-hydroxylation sites is 1. The van der Waals surface area contributed by atoms with E-state index in [4.69, 9.17) is 4.74 Å². The molecule has 2 fully saturated rings. The van der Waals surface area contributed by atoms with E-state index in [0.717, 1.165) is 42.6 Å². The van der Waals surface area contributed by atoms with Gasteiger partial charge in [0.15, 0.2) is 0 Å². The van der Waals surface area contributed by atoms with E-state index in [2.05, 4.69) is 27.5 Å². The summed E-state index contributed by atoms with van der Waals surface area (Å²) < 4.78 is 7.68. The maximum atomic E-state index is 13.2. The van der Waals surface area contributed by atoms with E-state index >= 15 is 0 Å². The summed E-state index contributed by atoms with van der Waals surface area (Å²) in [4.78, 5) is 15.6. The van der Waals surface area contributed by atoms with Crippen LogP contribution in [0.15, 0.2) is 48.9 Å². The van der Waals surface area contributed by atoms with Crippen LogP contribution in [0.2, 0.25) is 0 Å². The summed E-state index contributed by atoms with van der Waals surface area (Å²) in [5, 5.41) is 12.0. The molecule has 1 aromatic carbocycles. The number of nitrogens with one attached hydrogen (secondary N) is 1. The van der Waals surface area contributed by atoms with Crippen molar-refractivity contribution < 1.29 is 9.53 Å². The Hall–Kier alpha value is -2.77. The van der Waals surface area contributed by atoms with E-state index in [0.29, 0.717) is 17.6 Å². The molecule has 5 rings (SSSR count). The zero-order chi connectivity index (χ0) is 19.1. The lowest BCUT2D eigenvalue weighted by Gasteiger charge is -2.46. The van der Waals surface area contributed by atoms with Crippen molar-refractivity contribution in [1.82, 2.24) is 25.0 Å². The molecule has 1 N–H and O–H groups in total. The number of benzene rings is 1. The van der Waals surface area contributed by atoms with Crippen LogP contribution in [0.1, 0.15) is 23.2 Å². The van der Waals surface area contributed by atoms with Gasteiger partial charge in [0.2, 0.25) is 0 Å². The lowest BCUT2D eigenvalue weighted by molar-refractivity contribution is -0.0670. The highest BCUT2D eigenvalue weighted by molar-refractivity contribution is 6.07. The number of nitrogens with zero attached hydrogens (tertiary/aromatic N) is 4. The van der Waals surface area contributed by atoms with Gasteiger partial charge in [-0.1, -0.05) is 18.2 Å². The Morgan fingerprint density at radius 2 is 1.93 bits per heavy atom. The molecule has 3 atom stereocenters. The van der Waals surface area contributed by atoms with Gasteiger partial charge in [-0.3, -0.25) is 9.69 Å². The van der Waals surface area contributed by atoms with Crippen LogP contribution in [0.25, 0.3) is 16.6 Å². The second-order valence-electron chi connectivity index (χ2n) is 7.68. The number of piperidine rings is 1. The van der Waals surface area contributed by atoms with Gasteiger partial charge in [-0.05, 0) is 32.0 Å². The largest absolute Gasteiger partial charge is 0.378 e. The van der Waals surface area contributed by atoms with E-state index in [-0.39, 0.29) is 11.9 Å². The lowest BCUT2D eigenvalue weighted by Crippen LogP contribution is -2.59. The van der Waals surface area contributed by atoms with Gasteiger partial charge in [0.1, 0.15) is 0 Å². The van der Waals surface area contributed by atoms with Crippen molar-refractivity contribution in [2.45, 2.75) is 31.0 Å². The number of morpholine rings is 1. The van der Waals surface area contributed by atoms with Crippen molar-refractivity contribution in [3.8, 4) is 5.69 Å². The summed E-state index contributed by atoms with van der Waals surface area (Å²) in [6.07, 6.45) is 7.10. The SMILES string of the molecule is CN1[C@@H]2COC[C@H]1C[C@@H](NC(=O)c1cn(-c3ccnnc3)c3ccccc13)C2. The number of carbonyl (C=O) groups excluding carboxylic acids is 1. The number of aromatic nitrogens is 3. The molecule has 7 heteroatoms. The van der Waals surface area contributed by atoms with Crippen molar-refractivity contribution in [2.75, 3.05) is 20.3 Å². The van der Waals surface area contributed by atoms with Crippen LogP contribution < -0.4 is 5.32 Å². The van der Waals surface area contributed by atoms with Gasteiger partial charge in [-0.25, -0.2) is 0 Å². The van der Waals surface area contributed by atoms with Gasteiger partial charge in [0.05, 0.1) is 42.4 Å². The van der Waals surface area contributed by atoms with E-state index in [1.165, 1.54) is 0 Å². The molecular weight excluding hydrogens is 354 g/mol. The van der Waals surface area contributed by atoms with E-state index in [1.807, 2.05) is 41.1 Å². The molecular formula is C21H23N5O2. The number of likely N-dealkylation sites (N-methyl/N-ethyl adjacent to an activating group) is 1. The summed E-state index contributed by atoms with van der Waals surface area (Å²) in [6, 6.07) is 10.8. The Balaban J connectivity index is 1.44. The number of hydrogen-bond acceptors (Lipinski definition) is 5. The first-order valence-electron chi connectivity index (χ1n) is 9.68. The Labute approximate surface area is 163 Å². The zero-order valence-corrected chi connectivity index (χ0v) is 15.8. The standard InChI is InChI=1S/C21H23N5O2/c1-25-16-8-14(9-17(25)13-28-12-16)24-21(27)19-11-26(15-6-7-22-23-10-15)20-5-3-2-4-18(19)20/h2-7,10-11,14,16-17H,8-9,12-13H2,1H3,(H,24,27)/t14-,16-,17+. The third kappa shape index (κ3) is 2.96. The van der Waals surface area contributed by atoms with Crippen molar-refractivity contribution in [3.05, 3.63) is 54.5 Å². The first kappa shape index (κ1) is 17.3. The third-order valence-electron chi connectivity index (χ3n) is 6.02. The summed E-state index contributed by atoms with van der Waals surface area (Å²) in [5.74, 6) is -0.0227. The van der Waals surface area contributed by atoms with Crippen LogP contribution in [-0.4, -0.2) is 64.0 Å². The monoisotopic (exact) mass is 377 g/mol. The number of carbonyl (C=O) groups is 1. The molecule has 0 radical (unpaired) electrons. The van der Waals surface area contributed by atoms with Crippen LogP contribution in [0.5, 0.6) is 0 Å². The quantitative estimate of drug-likeness (QED) is 0.756. The Morgan fingerprint density at radius 1 is 1.14 bits per heavy atom. The molecule has 0 unspecified atom stereocenters. The minimum Gasteiger partial charge on any atom is -0.378 e.